The number of hydrogen-bond donors (Lipinski definition) is 0. The maximum absolute atomic E-state index is 13.7. The molecule has 0 aliphatic carbocycles. The number of hydrogen-bond acceptors (Lipinski definition) is 3. The number of amides is 2. The Morgan fingerprint density at radius 1 is 1.26 bits per heavy atom. The fourth-order valence-electron chi connectivity index (χ4n) is 2.86. The van der Waals surface area contributed by atoms with Crippen LogP contribution in [-0.2, 0) is 16.1 Å². The van der Waals surface area contributed by atoms with E-state index in [1.807, 2.05) is 4.90 Å². The Balaban J connectivity index is 1.95. The Labute approximate surface area is 136 Å². The van der Waals surface area contributed by atoms with Crippen molar-refractivity contribution in [1.29, 1.82) is 0 Å². The van der Waals surface area contributed by atoms with E-state index >= 15 is 0 Å². The van der Waals surface area contributed by atoms with Gasteiger partial charge in [-0.05, 0) is 25.5 Å². The number of likely N-dealkylation sites (N-methyl/N-ethyl adjacent to an activating group) is 2. The zero-order valence-electron chi connectivity index (χ0n) is 14.0. The predicted molar refractivity (Wildman–Crippen MR) is 86.2 cm³/mol. The summed E-state index contributed by atoms with van der Waals surface area (Å²) >= 11 is 0. The molecule has 0 spiro atoms. The molecule has 0 bridgehead atoms. The molecule has 0 radical (unpaired) electrons. The molecule has 2 rings (SSSR count). The SMILES string of the molecule is CN(C)C(=O)C1CCCN1CC(=O)N(C)Cc1ccccc1F. The smallest absolute Gasteiger partial charge is 0.239 e. The molecule has 1 aliphatic rings. The summed E-state index contributed by atoms with van der Waals surface area (Å²) in [7, 11) is 5.11. The van der Waals surface area contributed by atoms with Gasteiger partial charge in [-0.25, -0.2) is 4.39 Å². The van der Waals surface area contributed by atoms with Crippen LogP contribution in [0.2, 0.25) is 0 Å². The fraction of sp³-hybridized carbons (Fsp3) is 0.529. The quantitative estimate of drug-likeness (QED) is 0.822. The average Bonchev–Trinajstić information content (AvgIpc) is 2.96. The standard InChI is InChI=1S/C17H24FN3O2/c1-19(2)17(23)15-9-6-10-21(15)12-16(22)20(3)11-13-7-4-5-8-14(13)18/h4-5,7-8,15H,6,9-12H2,1-3H3. The second-order valence-electron chi connectivity index (χ2n) is 6.20. The van der Waals surface area contributed by atoms with Gasteiger partial charge >= 0.3 is 0 Å². The third-order valence-corrected chi connectivity index (χ3v) is 4.22. The molecule has 126 valence electrons. The highest BCUT2D eigenvalue weighted by molar-refractivity contribution is 5.83. The lowest BCUT2D eigenvalue weighted by Gasteiger charge is -2.27. The minimum Gasteiger partial charge on any atom is -0.347 e. The number of halogens is 1. The fourth-order valence-corrected chi connectivity index (χ4v) is 2.86. The third-order valence-electron chi connectivity index (χ3n) is 4.22. The number of carbonyl (C=O) groups is 2. The van der Waals surface area contributed by atoms with Crippen molar-refractivity contribution in [2.75, 3.05) is 34.2 Å². The lowest BCUT2D eigenvalue weighted by molar-refractivity contribution is -0.136. The highest BCUT2D eigenvalue weighted by atomic mass is 19.1. The monoisotopic (exact) mass is 321 g/mol. The van der Waals surface area contributed by atoms with Crippen LogP contribution in [0, 0.1) is 5.82 Å². The Kier molecular flexibility index (Phi) is 5.71. The number of rotatable bonds is 5. The van der Waals surface area contributed by atoms with Crippen molar-refractivity contribution >= 4 is 11.8 Å². The van der Waals surface area contributed by atoms with Crippen LogP contribution < -0.4 is 0 Å². The van der Waals surface area contributed by atoms with Crippen molar-refractivity contribution in [3.05, 3.63) is 35.6 Å². The minimum atomic E-state index is -0.311. The molecule has 1 unspecified atom stereocenters. The molecular formula is C17H24FN3O2. The maximum Gasteiger partial charge on any atom is 0.239 e. The van der Waals surface area contributed by atoms with Crippen molar-refractivity contribution in [1.82, 2.24) is 14.7 Å². The van der Waals surface area contributed by atoms with Gasteiger partial charge < -0.3 is 9.80 Å². The Morgan fingerprint density at radius 2 is 1.96 bits per heavy atom. The van der Waals surface area contributed by atoms with E-state index in [4.69, 9.17) is 0 Å². The Hall–Kier alpha value is -1.95. The van der Waals surface area contributed by atoms with Gasteiger partial charge in [0.1, 0.15) is 5.82 Å². The summed E-state index contributed by atoms with van der Waals surface area (Å²) in [6, 6.07) is 6.22. The van der Waals surface area contributed by atoms with Gasteiger partial charge in [-0.3, -0.25) is 14.5 Å². The van der Waals surface area contributed by atoms with Crippen LogP contribution in [0.3, 0.4) is 0 Å². The highest BCUT2D eigenvalue weighted by Gasteiger charge is 2.33. The van der Waals surface area contributed by atoms with E-state index in [0.29, 0.717) is 5.56 Å². The molecule has 1 fully saturated rings. The van der Waals surface area contributed by atoms with Crippen molar-refractivity contribution in [2.45, 2.75) is 25.4 Å². The first-order valence-electron chi connectivity index (χ1n) is 7.82. The first kappa shape index (κ1) is 17.4. The normalized spacial score (nSPS) is 18.0. The summed E-state index contributed by atoms with van der Waals surface area (Å²) in [4.78, 5) is 29.5. The number of nitrogens with zero attached hydrogens (tertiary/aromatic N) is 3. The molecule has 1 aliphatic heterocycles. The van der Waals surface area contributed by atoms with Crippen LogP contribution >= 0.6 is 0 Å². The van der Waals surface area contributed by atoms with E-state index in [0.717, 1.165) is 19.4 Å². The second kappa shape index (κ2) is 7.55. The van der Waals surface area contributed by atoms with E-state index in [2.05, 4.69) is 0 Å². The largest absolute Gasteiger partial charge is 0.347 e. The van der Waals surface area contributed by atoms with Gasteiger partial charge in [0.15, 0.2) is 0 Å². The lowest BCUT2D eigenvalue weighted by atomic mass is 10.2. The molecule has 1 heterocycles. The van der Waals surface area contributed by atoms with E-state index in [1.54, 1.807) is 44.2 Å². The number of benzene rings is 1. The van der Waals surface area contributed by atoms with Gasteiger partial charge in [-0.15, -0.1) is 0 Å². The van der Waals surface area contributed by atoms with E-state index in [1.165, 1.54) is 11.0 Å². The molecule has 23 heavy (non-hydrogen) atoms. The molecule has 0 aromatic heterocycles. The van der Waals surface area contributed by atoms with Crippen LogP contribution in [0.1, 0.15) is 18.4 Å². The van der Waals surface area contributed by atoms with Crippen LogP contribution in [0.15, 0.2) is 24.3 Å². The zero-order chi connectivity index (χ0) is 17.0. The van der Waals surface area contributed by atoms with Gasteiger partial charge in [-0.2, -0.15) is 0 Å². The molecule has 2 amide bonds. The molecule has 6 heteroatoms. The summed E-state index contributed by atoms with van der Waals surface area (Å²) in [5.41, 5.74) is 0.491. The van der Waals surface area contributed by atoms with Gasteiger partial charge in [0.2, 0.25) is 11.8 Å². The van der Waals surface area contributed by atoms with Gasteiger partial charge in [0.05, 0.1) is 12.6 Å². The third kappa shape index (κ3) is 4.28. The van der Waals surface area contributed by atoms with Gasteiger partial charge in [0, 0.05) is 33.3 Å². The topological polar surface area (TPSA) is 43.9 Å². The van der Waals surface area contributed by atoms with Crippen molar-refractivity contribution < 1.29 is 14.0 Å². The molecule has 0 N–H and O–H groups in total. The molecule has 1 saturated heterocycles. The highest BCUT2D eigenvalue weighted by Crippen LogP contribution is 2.19. The summed E-state index contributed by atoms with van der Waals surface area (Å²) in [5, 5.41) is 0. The van der Waals surface area contributed by atoms with E-state index < -0.39 is 0 Å². The number of carbonyl (C=O) groups excluding carboxylic acids is 2. The molecule has 0 saturated carbocycles. The van der Waals surface area contributed by atoms with Gasteiger partial charge in [0.25, 0.3) is 0 Å². The number of likely N-dealkylation sites (tertiary alicyclic amines) is 1. The molecule has 1 atom stereocenters. The van der Waals surface area contributed by atoms with E-state index in [-0.39, 0.29) is 36.8 Å². The first-order chi connectivity index (χ1) is 10.9. The zero-order valence-corrected chi connectivity index (χ0v) is 14.0. The van der Waals surface area contributed by atoms with Crippen LogP contribution in [-0.4, -0.2) is 66.8 Å². The minimum absolute atomic E-state index is 0.0343. The summed E-state index contributed by atoms with van der Waals surface area (Å²) in [6.45, 7) is 1.16. The van der Waals surface area contributed by atoms with Crippen molar-refractivity contribution in [2.24, 2.45) is 0 Å². The van der Waals surface area contributed by atoms with Gasteiger partial charge in [-0.1, -0.05) is 18.2 Å². The molecule has 5 nitrogen and oxygen atoms in total. The van der Waals surface area contributed by atoms with E-state index in [9.17, 15) is 14.0 Å². The Morgan fingerprint density at radius 3 is 2.61 bits per heavy atom. The first-order valence-corrected chi connectivity index (χ1v) is 7.82. The van der Waals surface area contributed by atoms with Crippen LogP contribution in [0.4, 0.5) is 4.39 Å². The maximum atomic E-state index is 13.7. The Bertz CT molecular complexity index is 577. The average molecular weight is 321 g/mol. The molecular weight excluding hydrogens is 297 g/mol. The predicted octanol–water partition coefficient (Wildman–Crippen LogP) is 1.34. The van der Waals surface area contributed by atoms with Crippen molar-refractivity contribution in [3.63, 3.8) is 0 Å². The summed E-state index contributed by atoms with van der Waals surface area (Å²) in [6.07, 6.45) is 1.69. The van der Waals surface area contributed by atoms with Crippen LogP contribution in [0.25, 0.3) is 0 Å². The summed E-state index contributed by atoms with van der Waals surface area (Å²) in [5.74, 6) is -0.382. The summed E-state index contributed by atoms with van der Waals surface area (Å²) < 4.78 is 13.7. The lowest BCUT2D eigenvalue weighted by Crippen LogP contribution is -2.46. The van der Waals surface area contributed by atoms with Crippen LogP contribution in [0.5, 0.6) is 0 Å². The second-order valence-corrected chi connectivity index (χ2v) is 6.20. The molecule has 1 aromatic rings. The molecule has 1 aromatic carbocycles. The van der Waals surface area contributed by atoms with Crippen molar-refractivity contribution in [3.8, 4) is 0 Å².